The van der Waals surface area contributed by atoms with Gasteiger partial charge in [0, 0.05) is 24.5 Å². The van der Waals surface area contributed by atoms with Gasteiger partial charge < -0.3 is 10.3 Å². The van der Waals surface area contributed by atoms with Crippen molar-refractivity contribution in [3.05, 3.63) is 62.9 Å². The highest BCUT2D eigenvalue weighted by atomic mass is 35.5. The topological polar surface area (TPSA) is 74.1 Å². The van der Waals surface area contributed by atoms with Crippen LogP contribution in [0, 0.1) is 10.1 Å². The maximum atomic E-state index is 11.0. The number of benzene rings is 1. The van der Waals surface area contributed by atoms with Crippen molar-refractivity contribution in [1.29, 1.82) is 0 Å². The van der Waals surface area contributed by atoms with Crippen molar-refractivity contribution in [3.63, 3.8) is 0 Å². The second kappa shape index (κ2) is 5.42. The van der Waals surface area contributed by atoms with Gasteiger partial charge in [-0.2, -0.15) is 0 Å². The first-order valence-corrected chi connectivity index (χ1v) is 6.20. The molecule has 1 aromatic carbocycles. The third-order valence-electron chi connectivity index (χ3n) is 2.93. The molecule has 2 rings (SSSR count). The zero-order valence-corrected chi connectivity index (χ0v) is 11.2. The summed E-state index contributed by atoms with van der Waals surface area (Å²) in [6.07, 6.45) is 3.71. The third-order valence-corrected chi connectivity index (χ3v) is 3.28. The highest BCUT2D eigenvalue weighted by molar-refractivity contribution is 6.31. The summed E-state index contributed by atoms with van der Waals surface area (Å²) in [7, 11) is 0. The molecule has 1 atom stereocenters. The smallest absolute Gasteiger partial charge is 0.275 e. The van der Waals surface area contributed by atoms with E-state index >= 15 is 0 Å². The largest absolute Gasteiger partial charge is 0.349 e. The first kappa shape index (κ1) is 13.6. The van der Waals surface area contributed by atoms with E-state index < -0.39 is 4.92 Å². The van der Waals surface area contributed by atoms with Crippen LogP contribution >= 0.6 is 11.6 Å². The third kappa shape index (κ3) is 2.94. The van der Waals surface area contributed by atoms with E-state index in [4.69, 9.17) is 17.3 Å². The average molecular weight is 280 g/mol. The summed E-state index contributed by atoms with van der Waals surface area (Å²) in [4.78, 5) is 10.6. The first-order valence-electron chi connectivity index (χ1n) is 5.82. The van der Waals surface area contributed by atoms with E-state index in [0.717, 1.165) is 5.56 Å². The Morgan fingerprint density at radius 1 is 1.47 bits per heavy atom. The number of nitrogens with zero attached hydrogens (tertiary/aromatic N) is 2. The fraction of sp³-hybridized carbons (Fsp3) is 0.231. The van der Waals surface area contributed by atoms with Gasteiger partial charge in [0.05, 0.1) is 22.1 Å². The van der Waals surface area contributed by atoms with E-state index in [-0.39, 0.29) is 11.7 Å². The molecule has 0 saturated heterocycles. The molecule has 0 aliphatic carbocycles. The molecular formula is C13H14ClN3O2. The van der Waals surface area contributed by atoms with Gasteiger partial charge in [0.2, 0.25) is 0 Å². The normalized spacial score (nSPS) is 12.4. The summed E-state index contributed by atoms with van der Waals surface area (Å²) in [6.45, 7) is 2.24. The van der Waals surface area contributed by atoms with Crippen molar-refractivity contribution in [2.24, 2.45) is 5.73 Å². The minimum absolute atomic E-state index is 0.0311. The molecule has 0 fully saturated rings. The Balaban J connectivity index is 2.34. The molecule has 19 heavy (non-hydrogen) atoms. The van der Waals surface area contributed by atoms with E-state index in [0.29, 0.717) is 17.1 Å². The Labute approximate surface area is 115 Å². The summed E-state index contributed by atoms with van der Waals surface area (Å²) in [5, 5.41) is 11.4. The van der Waals surface area contributed by atoms with E-state index in [1.807, 2.05) is 30.0 Å². The molecule has 1 unspecified atom stereocenters. The molecular weight excluding hydrogens is 266 g/mol. The molecule has 100 valence electrons. The van der Waals surface area contributed by atoms with Crippen LogP contribution in [0.5, 0.6) is 0 Å². The highest BCUT2D eigenvalue weighted by Crippen LogP contribution is 2.27. The summed E-state index contributed by atoms with van der Waals surface area (Å²) in [5.74, 6) is 0. The van der Waals surface area contributed by atoms with E-state index in [1.165, 1.54) is 6.07 Å². The minimum Gasteiger partial charge on any atom is -0.349 e. The van der Waals surface area contributed by atoms with Crippen molar-refractivity contribution in [2.45, 2.75) is 19.5 Å². The zero-order valence-electron chi connectivity index (χ0n) is 10.4. The predicted molar refractivity (Wildman–Crippen MR) is 74.2 cm³/mol. The zero-order chi connectivity index (χ0) is 14.0. The lowest BCUT2D eigenvalue weighted by atomic mass is 10.2. The van der Waals surface area contributed by atoms with Gasteiger partial charge in [0.15, 0.2) is 0 Å². The van der Waals surface area contributed by atoms with Crippen molar-refractivity contribution in [1.82, 2.24) is 4.57 Å². The molecule has 1 aromatic heterocycles. The lowest BCUT2D eigenvalue weighted by Crippen LogP contribution is -2.05. The second-order valence-corrected chi connectivity index (χ2v) is 4.81. The Morgan fingerprint density at radius 2 is 2.21 bits per heavy atom. The minimum atomic E-state index is -0.419. The fourth-order valence-corrected chi connectivity index (χ4v) is 2.11. The van der Waals surface area contributed by atoms with Gasteiger partial charge in [-0.3, -0.25) is 10.1 Å². The van der Waals surface area contributed by atoms with Crippen LogP contribution in [0.3, 0.4) is 0 Å². The molecule has 2 aromatic rings. The number of rotatable bonds is 4. The number of halogens is 1. The fourth-order valence-electron chi connectivity index (χ4n) is 1.88. The molecule has 0 spiro atoms. The van der Waals surface area contributed by atoms with E-state index in [1.54, 1.807) is 12.1 Å². The van der Waals surface area contributed by atoms with Gasteiger partial charge in [-0.05, 0) is 24.6 Å². The second-order valence-electron chi connectivity index (χ2n) is 4.40. The van der Waals surface area contributed by atoms with E-state index in [9.17, 15) is 10.1 Å². The lowest BCUT2D eigenvalue weighted by Gasteiger charge is -2.07. The average Bonchev–Trinajstić information content (AvgIpc) is 2.80. The van der Waals surface area contributed by atoms with E-state index in [2.05, 4.69) is 0 Å². The van der Waals surface area contributed by atoms with Gasteiger partial charge in [0.25, 0.3) is 5.69 Å². The van der Waals surface area contributed by atoms with Gasteiger partial charge in [-0.1, -0.05) is 17.7 Å². The summed E-state index contributed by atoms with van der Waals surface area (Å²) in [5.41, 5.74) is 7.29. The SMILES string of the molecule is CC(N)c1ccn(Cc2c(Cl)cccc2[N+](=O)[O-])c1. The number of aromatic nitrogens is 1. The molecule has 5 nitrogen and oxygen atoms in total. The van der Waals surface area contributed by atoms with Crippen molar-refractivity contribution in [2.75, 3.05) is 0 Å². The summed E-state index contributed by atoms with van der Waals surface area (Å²) >= 11 is 6.05. The van der Waals surface area contributed by atoms with Crippen LogP contribution in [0.4, 0.5) is 5.69 Å². The number of hydrogen-bond acceptors (Lipinski definition) is 3. The van der Waals surface area contributed by atoms with Crippen LogP contribution in [-0.2, 0) is 6.54 Å². The quantitative estimate of drug-likeness (QED) is 0.690. The maximum Gasteiger partial charge on any atom is 0.275 e. The highest BCUT2D eigenvalue weighted by Gasteiger charge is 2.16. The summed E-state index contributed by atoms with van der Waals surface area (Å²) in [6, 6.07) is 6.51. The van der Waals surface area contributed by atoms with Crippen molar-refractivity contribution in [3.8, 4) is 0 Å². The van der Waals surface area contributed by atoms with Crippen LogP contribution in [0.1, 0.15) is 24.1 Å². The monoisotopic (exact) mass is 279 g/mol. The molecule has 0 radical (unpaired) electrons. The molecule has 0 bridgehead atoms. The standard InChI is InChI=1S/C13H14ClN3O2/c1-9(15)10-5-6-16(7-10)8-11-12(14)3-2-4-13(11)17(18)19/h2-7,9H,8,15H2,1H3. The molecule has 6 heteroatoms. The number of hydrogen-bond donors (Lipinski definition) is 1. The molecule has 0 amide bonds. The van der Waals surface area contributed by atoms with Crippen molar-refractivity contribution >= 4 is 17.3 Å². The number of nitro groups is 1. The van der Waals surface area contributed by atoms with Crippen LogP contribution < -0.4 is 5.73 Å². The van der Waals surface area contributed by atoms with Crippen LogP contribution in [0.2, 0.25) is 5.02 Å². The molecule has 1 heterocycles. The lowest BCUT2D eigenvalue weighted by molar-refractivity contribution is -0.385. The molecule has 0 aliphatic heterocycles. The van der Waals surface area contributed by atoms with Gasteiger partial charge in [-0.15, -0.1) is 0 Å². The van der Waals surface area contributed by atoms with Crippen LogP contribution in [0.15, 0.2) is 36.7 Å². The molecule has 2 N–H and O–H groups in total. The maximum absolute atomic E-state index is 11.0. The van der Waals surface area contributed by atoms with Gasteiger partial charge in [-0.25, -0.2) is 0 Å². The Kier molecular flexibility index (Phi) is 3.87. The van der Waals surface area contributed by atoms with Gasteiger partial charge >= 0.3 is 0 Å². The predicted octanol–water partition coefficient (Wildman–Crippen LogP) is 3.12. The van der Waals surface area contributed by atoms with Crippen LogP contribution in [0.25, 0.3) is 0 Å². The first-order chi connectivity index (χ1) is 8.99. The Bertz CT molecular complexity index is 608. The Hall–Kier alpha value is -1.85. The van der Waals surface area contributed by atoms with Crippen LogP contribution in [-0.4, -0.2) is 9.49 Å². The number of nitrogens with two attached hydrogens (primary N) is 1. The molecule has 0 saturated carbocycles. The molecule has 0 aliphatic rings. The number of nitro benzene ring substituents is 1. The summed E-state index contributed by atoms with van der Waals surface area (Å²) < 4.78 is 1.84. The van der Waals surface area contributed by atoms with Gasteiger partial charge in [0.1, 0.15) is 0 Å². The Morgan fingerprint density at radius 3 is 2.79 bits per heavy atom. The van der Waals surface area contributed by atoms with Crippen molar-refractivity contribution < 1.29 is 4.92 Å².